The monoisotopic (exact) mass is 876 g/mol. The van der Waals surface area contributed by atoms with Gasteiger partial charge in [-0.05, 0) is 107 Å². The maximum absolute atomic E-state index is 13.8. The molecular formula is C49H67F2N5O7. The summed E-state index contributed by atoms with van der Waals surface area (Å²) in [6.07, 6.45) is 14.5. The van der Waals surface area contributed by atoms with Crippen molar-refractivity contribution >= 4 is 5.91 Å². The molecule has 344 valence electrons. The van der Waals surface area contributed by atoms with Gasteiger partial charge in [0.05, 0.1) is 58.4 Å². The average molecular weight is 876 g/mol. The molecule has 2 aliphatic carbocycles. The van der Waals surface area contributed by atoms with Crippen molar-refractivity contribution in [2.45, 2.75) is 133 Å². The summed E-state index contributed by atoms with van der Waals surface area (Å²) in [5.74, 6) is 3.41. The summed E-state index contributed by atoms with van der Waals surface area (Å²) in [4.78, 5) is 16.0. The number of terminal acetylenes is 1. The number of carbonyl (C=O) groups excluding carboxylic acids is 1. The lowest BCUT2D eigenvalue weighted by Gasteiger charge is -2.41. The van der Waals surface area contributed by atoms with Gasteiger partial charge in [0.25, 0.3) is 0 Å². The van der Waals surface area contributed by atoms with Crippen LogP contribution in [-0.4, -0.2) is 116 Å². The van der Waals surface area contributed by atoms with Crippen molar-refractivity contribution < 1.29 is 42.0 Å². The van der Waals surface area contributed by atoms with E-state index < -0.39 is 5.92 Å². The first-order chi connectivity index (χ1) is 30.8. The minimum Gasteiger partial charge on any atom is -0.491 e. The Hall–Kier alpha value is -4.13. The number of ether oxygens (including phenoxy) is 6. The highest BCUT2D eigenvalue weighted by Crippen LogP contribution is 2.44. The number of rotatable bonds is 24. The normalized spacial score (nSPS) is 24.1. The second-order valence-corrected chi connectivity index (χ2v) is 17.6. The summed E-state index contributed by atoms with van der Waals surface area (Å²) in [7, 11) is 0. The molecule has 3 aromatic rings. The quantitative estimate of drug-likeness (QED) is 0.0701. The number of aryl methyl sites for hydroxylation is 1. The summed E-state index contributed by atoms with van der Waals surface area (Å²) in [6.45, 7) is 7.15. The van der Waals surface area contributed by atoms with E-state index in [4.69, 9.17) is 39.9 Å². The van der Waals surface area contributed by atoms with E-state index in [1.54, 1.807) is 0 Å². The van der Waals surface area contributed by atoms with Crippen LogP contribution in [0.1, 0.15) is 119 Å². The van der Waals surface area contributed by atoms with E-state index in [0.717, 1.165) is 80.2 Å². The lowest BCUT2D eigenvalue weighted by atomic mass is 9.85. The van der Waals surface area contributed by atoms with Gasteiger partial charge in [-0.15, -0.1) is 16.6 Å². The molecule has 2 aromatic carbocycles. The number of benzene rings is 2. The number of carbonyl (C=O) groups is 1. The molecule has 1 aromatic heterocycles. The Bertz CT molecular complexity index is 1850. The second kappa shape index (κ2) is 23.7. The van der Waals surface area contributed by atoms with Gasteiger partial charge in [-0.3, -0.25) is 9.69 Å². The number of nitrogens with zero attached hydrogens (tertiary/aromatic N) is 4. The SMILES string of the molecule is C#CCOCCOCCOCCOCCOc1ccc(OC2CCC(c3nnc(C)n3C3CC4CCC(C3)N4CC[C@H](NC(=O)C3CCC(F)(F)CC3)c3ccccc3)CC2)cc1. The lowest BCUT2D eigenvalue weighted by Crippen LogP contribution is -2.45. The van der Waals surface area contributed by atoms with Crippen LogP contribution in [0, 0.1) is 25.2 Å². The van der Waals surface area contributed by atoms with Crippen LogP contribution in [0.4, 0.5) is 8.78 Å². The number of hydrogen-bond acceptors (Lipinski definition) is 10. The van der Waals surface area contributed by atoms with Gasteiger partial charge in [-0.25, -0.2) is 8.78 Å². The van der Waals surface area contributed by atoms with E-state index in [-0.39, 0.29) is 49.7 Å². The van der Waals surface area contributed by atoms with Crippen LogP contribution in [0.15, 0.2) is 54.6 Å². The molecule has 2 aliphatic heterocycles. The molecule has 2 unspecified atom stereocenters. The fourth-order valence-corrected chi connectivity index (χ4v) is 10.1. The van der Waals surface area contributed by atoms with E-state index in [2.05, 4.69) is 44.9 Å². The fraction of sp³-hybridized carbons (Fsp3) is 0.653. The first kappa shape index (κ1) is 46.9. The molecule has 0 radical (unpaired) electrons. The summed E-state index contributed by atoms with van der Waals surface area (Å²) in [5.41, 5.74) is 1.07. The number of fused-ring (bicyclic) bond motifs is 2. The van der Waals surface area contributed by atoms with E-state index in [0.29, 0.717) is 83.5 Å². The Labute approximate surface area is 372 Å². The minimum absolute atomic E-state index is 0.0897. The Morgan fingerprint density at radius 1 is 0.778 bits per heavy atom. The molecule has 2 saturated heterocycles. The van der Waals surface area contributed by atoms with Crippen molar-refractivity contribution in [3.8, 4) is 23.8 Å². The van der Waals surface area contributed by atoms with Crippen molar-refractivity contribution in [2.75, 3.05) is 66.0 Å². The highest BCUT2D eigenvalue weighted by atomic mass is 19.3. The molecule has 7 rings (SSSR count). The molecule has 1 amide bonds. The molecule has 3 atom stereocenters. The summed E-state index contributed by atoms with van der Waals surface area (Å²) in [6, 6.07) is 19.1. The van der Waals surface area contributed by atoms with E-state index in [1.807, 2.05) is 42.5 Å². The molecule has 2 bridgehead atoms. The highest BCUT2D eigenvalue weighted by Gasteiger charge is 2.43. The molecule has 1 N–H and O–H groups in total. The fourth-order valence-electron chi connectivity index (χ4n) is 10.1. The first-order valence-corrected chi connectivity index (χ1v) is 23.3. The Morgan fingerprint density at radius 2 is 1.38 bits per heavy atom. The number of amides is 1. The van der Waals surface area contributed by atoms with Gasteiger partial charge in [-0.2, -0.15) is 0 Å². The predicted molar refractivity (Wildman–Crippen MR) is 235 cm³/mol. The number of alkyl halides is 2. The highest BCUT2D eigenvalue weighted by molar-refractivity contribution is 5.79. The van der Waals surface area contributed by atoms with Crippen LogP contribution >= 0.6 is 0 Å². The third-order valence-corrected chi connectivity index (χ3v) is 13.4. The maximum Gasteiger partial charge on any atom is 0.248 e. The summed E-state index contributed by atoms with van der Waals surface area (Å²) < 4.78 is 64.1. The van der Waals surface area contributed by atoms with E-state index in [1.165, 1.54) is 12.8 Å². The first-order valence-electron chi connectivity index (χ1n) is 23.3. The third kappa shape index (κ3) is 13.7. The van der Waals surface area contributed by atoms with E-state index in [9.17, 15) is 13.6 Å². The minimum atomic E-state index is -2.65. The number of hydrogen-bond donors (Lipinski definition) is 1. The Balaban J connectivity index is 0.814. The van der Waals surface area contributed by atoms with Gasteiger partial charge < -0.3 is 38.3 Å². The van der Waals surface area contributed by atoms with Gasteiger partial charge in [0.15, 0.2) is 0 Å². The van der Waals surface area contributed by atoms with Crippen LogP contribution in [-0.2, 0) is 23.7 Å². The van der Waals surface area contributed by atoms with Crippen LogP contribution in [0.25, 0.3) is 0 Å². The standard InChI is InChI=1S/C49H67F2N5O7/c1-3-25-58-26-27-59-28-29-60-30-31-61-32-33-62-43-15-17-45(18-16-43)63-44-13-9-38(10-14-44)47-54-53-36(2)56(47)42-34-40-11-12-41(35-42)55(40)24-21-46(37-7-5-4-6-8-37)52-48(57)39-19-22-49(50,51)23-20-39/h1,4-8,15-18,38-42,44,46H,9-14,19-35H2,2H3,(H,52,57)/t38?,40?,41?,42?,44?,46-/m0/s1. The molecule has 4 aliphatic rings. The van der Waals surface area contributed by atoms with Gasteiger partial charge in [0.1, 0.15) is 36.4 Å². The molecule has 63 heavy (non-hydrogen) atoms. The Morgan fingerprint density at radius 3 is 2.02 bits per heavy atom. The van der Waals surface area contributed by atoms with Gasteiger partial charge in [0, 0.05) is 49.3 Å². The largest absolute Gasteiger partial charge is 0.491 e. The second-order valence-electron chi connectivity index (χ2n) is 17.6. The zero-order valence-electron chi connectivity index (χ0n) is 37.0. The molecule has 3 heterocycles. The van der Waals surface area contributed by atoms with Crippen molar-refractivity contribution in [3.05, 3.63) is 71.8 Å². The molecule has 4 fully saturated rings. The maximum atomic E-state index is 13.8. The van der Waals surface area contributed by atoms with Crippen LogP contribution in [0.5, 0.6) is 11.5 Å². The van der Waals surface area contributed by atoms with Crippen LogP contribution in [0.2, 0.25) is 0 Å². The third-order valence-electron chi connectivity index (χ3n) is 13.4. The lowest BCUT2D eigenvalue weighted by molar-refractivity contribution is -0.130. The van der Waals surface area contributed by atoms with Crippen molar-refractivity contribution in [1.82, 2.24) is 25.0 Å². The topological polar surface area (TPSA) is 118 Å². The van der Waals surface area contributed by atoms with Gasteiger partial charge in [0.2, 0.25) is 11.8 Å². The van der Waals surface area contributed by atoms with Crippen LogP contribution < -0.4 is 14.8 Å². The van der Waals surface area contributed by atoms with Gasteiger partial charge in [-0.1, -0.05) is 36.3 Å². The molecule has 12 nitrogen and oxygen atoms in total. The zero-order chi connectivity index (χ0) is 43.9. The Kier molecular flexibility index (Phi) is 17.6. The number of nitrogens with one attached hydrogen (secondary N) is 1. The number of aromatic nitrogens is 3. The number of piperidine rings is 1. The molecule has 2 saturated carbocycles. The van der Waals surface area contributed by atoms with Crippen molar-refractivity contribution in [1.29, 1.82) is 0 Å². The zero-order valence-corrected chi connectivity index (χ0v) is 37.0. The van der Waals surface area contributed by atoms with Crippen LogP contribution in [0.3, 0.4) is 0 Å². The molecular weight excluding hydrogens is 809 g/mol. The molecule has 14 heteroatoms. The predicted octanol–water partition coefficient (Wildman–Crippen LogP) is 8.01. The summed E-state index contributed by atoms with van der Waals surface area (Å²) >= 11 is 0. The smallest absolute Gasteiger partial charge is 0.248 e. The van der Waals surface area contributed by atoms with Crippen molar-refractivity contribution in [2.24, 2.45) is 5.92 Å². The van der Waals surface area contributed by atoms with E-state index >= 15 is 0 Å². The average Bonchev–Trinajstić information content (AvgIpc) is 3.79. The summed E-state index contributed by atoms with van der Waals surface area (Å²) in [5, 5.41) is 12.7. The number of halogens is 2. The molecule has 0 spiro atoms. The van der Waals surface area contributed by atoms with Gasteiger partial charge >= 0.3 is 0 Å². The van der Waals surface area contributed by atoms with Crippen molar-refractivity contribution in [3.63, 3.8) is 0 Å².